The van der Waals surface area contributed by atoms with E-state index in [0.29, 0.717) is 10.8 Å². The molecule has 0 bridgehead atoms. The quantitative estimate of drug-likeness (QED) is 0.733. The molecule has 0 saturated heterocycles. The molecule has 2 N–H and O–H groups in total. The highest BCUT2D eigenvalue weighted by Gasteiger charge is 1.97. The molecule has 1 aromatic rings. The van der Waals surface area contributed by atoms with Crippen molar-refractivity contribution in [3.63, 3.8) is 0 Å². The number of pyridine rings is 1. The summed E-state index contributed by atoms with van der Waals surface area (Å²) in [7, 11) is 0. The number of anilines is 1. The molecule has 0 fully saturated rings. The molecule has 1 heterocycles. The van der Waals surface area contributed by atoms with Crippen LogP contribution < -0.4 is 5.73 Å². The standard InChI is InChI=1S/C7H9ClN2.C2H6/c1-2-5-4-10-7(9)3-6(5)8;1-2/h3-4H,2H2,1H3,(H2,9,10);1-2H3. The van der Waals surface area contributed by atoms with Gasteiger partial charge in [-0.25, -0.2) is 4.98 Å². The van der Waals surface area contributed by atoms with E-state index in [1.165, 1.54) is 0 Å². The number of aromatic nitrogens is 1. The van der Waals surface area contributed by atoms with Crippen molar-refractivity contribution < 1.29 is 0 Å². The third-order valence-corrected chi connectivity index (χ3v) is 1.68. The number of nitrogens with two attached hydrogens (primary N) is 1. The van der Waals surface area contributed by atoms with E-state index in [-0.39, 0.29) is 0 Å². The third-order valence-electron chi connectivity index (χ3n) is 1.33. The molecule has 0 aliphatic heterocycles. The highest BCUT2D eigenvalue weighted by atomic mass is 35.5. The second-order valence-electron chi connectivity index (χ2n) is 2.05. The van der Waals surface area contributed by atoms with Crippen LogP contribution in [0.15, 0.2) is 12.3 Å². The minimum atomic E-state index is 0.474. The van der Waals surface area contributed by atoms with Gasteiger partial charge in [-0.1, -0.05) is 32.4 Å². The fourth-order valence-electron chi connectivity index (χ4n) is 0.734. The first-order valence-electron chi connectivity index (χ1n) is 4.14. The number of nitrogens with zero attached hydrogens (tertiary/aromatic N) is 1. The minimum Gasteiger partial charge on any atom is -0.384 e. The Morgan fingerprint density at radius 1 is 1.50 bits per heavy atom. The predicted octanol–water partition coefficient (Wildman–Crippen LogP) is 2.91. The zero-order chi connectivity index (χ0) is 9.56. The normalized spacial score (nSPS) is 8.67. The van der Waals surface area contributed by atoms with Gasteiger partial charge in [0.05, 0.1) is 0 Å². The topological polar surface area (TPSA) is 38.9 Å². The molecule has 0 atom stereocenters. The molecule has 0 aromatic carbocycles. The average Bonchev–Trinajstić information content (AvgIpc) is 2.08. The Labute approximate surface area is 78.8 Å². The number of aryl methyl sites for hydroxylation is 1. The van der Waals surface area contributed by atoms with Crippen LogP contribution in [0.5, 0.6) is 0 Å². The zero-order valence-corrected chi connectivity index (χ0v) is 8.52. The molecule has 0 saturated carbocycles. The van der Waals surface area contributed by atoms with Crippen LogP contribution >= 0.6 is 11.6 Å². The summed E-state index contributed by atoms with van der Waals surface area (Å²) in [6, 6.07) is 1.67. The molecule has 3 heteroatoms. The Kier molecular flexibility index (Phi) is 5.47. The van der Waals surface area contributed by atoms with Crippen LogP contribution in [0.2, 0.25) is 5.02 Å². The summed E-state index contributed by atoms with van der Waals surface area (Å²) in [5, 5.41) is 0.704. The molecule has 1 rings (SSSR count). The van der Waals surface area contributed by atoms with Crippen molar-refractivity contribution in [1.29, 1.82) is 0 Å². The Bertz CT molecular complexity index is 236. The van der Waals surface area contributed by atoms with Gasteiger partial charge in [0.1, 0.15) is 5.82 Å². The lowest BCUT2D eigenvalue weighted by Gasteiger charge is -1.99. The number of nitrogen functional groups attached to an aromatic ring is 1. The fourth-order valence-corrected chi connectivity index (χ4v) is 1.03. The largest absolute Gasteiger partial charge is 0.384 e. The van der Waals surface area contributed by atoms with E-state index in [0.717, 1.165) is 12.0 Å². The van der Waals surface area contributed by atoms with Gasteiger partial charge >= 0.3 is 0 Å². The molecule has 1 aromatic heterocycles. The molecule has 0 radical (unpaired) electrons. The lowest BCUT2D eigenvalue weighted by molar-refractivity contribution is 1.11. The third kappa shape index (κ3) is 3.09. The van der Waals surface area contributed by atoms with Gasteiger partial charge in [0, 0.05) is 11.2 Å². The second kappa shape index (κ2) is 5.84. The fraction of sp³-hybridized carbons (Fsp3) is 0.444. The lowest BCUT2D eigenvalue weighted by Crippen LogP contribution is -1.91. The Hall–Kier alpha value is -0.760. The SMILES string of the molecule is CC.CCc1cnc(N)cc1Cl. The number of rotatable bonds is 1. The van der Waals surface area contributed by atoms with Gasteiger partial charge in [-0.05, 0) is 18.1 Å². The number of hydrogen-bond donors (Lipinski definition) is 1. The minimum absolute atomic E-state index is 0.474. The van der Waals surface area contributed by atoms with E-state index in [9.17, 15) is 0 Å². The van der Waals surface area contributed by atoms with E-state index >= 15 is 0 Å². The molecule has 2 nitrogen and oxygen atoms in total. The first kappa shape index (κ1) is 11.2. The molecule has 0 spiro atoms. The maximum atomic E-state index is 5.81. The zero-order valence-electron chi connectivity index (χ0n) is 7.76. The van der Waals surface area contributed by atoms with Gasteiger partial charge in [0.2, 0.25) is 0 Å². The summed E-state index contributed by atoms with van der Waals surface area (Å²) in [5.74, 6) is 0.474. The summed E-state index contributed by atoms with van der Waals surface area (Å²) < 4.78 is 0. The number of hydrogen-bond acceptors (Lipinski definition) is 2. The van der Waals surface area contributed by atoms with Gasteiger partial charge < -0.3 is 5.73 Å². The van der Waals surface area contributed by atoms with E-state index in [4.69, 9.17) is 17.3 Å². The van der Waals surface area contributed by atoms with Gasteiger partial charge in [-0.3, -0.25) is 0 Å². The summed E-state index contributed by atoms with van der Waals surface area (Å²) in [6.45, 7) is 6.03. The van der Waals surface area contributed by atoms with E-state index in [1.807, 2.05) is 20.8 Å². The van der Waals surface area contributed by atoms with Crippen LogP contribution in [0.1, 0.15) is 26.3 Å². The van der Waals surface area contributed by atoms with Crippen molar-refractivity contribution in [3.8, 4) is 0 Å². The molecule has 0 aliphatic carbocycles. The van der Waals surface area contributed by atoms with Crippen molar-refractivity contribution in [2.24, 2.45) is 0 Å². The van der Waals surface area contributed by atoms with Gasteiger partial charge in [0.25, 0.3) is 0 Å². The van der Waals surface area contributed by atoms with Crippen LogP contribution in [0.3, 0.4) is 0 Å². The second-order valence-corrected chi connectivity index (χ2v) is 2.46. The maximum Gasteiger partial charge on any atom is 0.124 e. The van der Waals surface area contributed by atoms with E-state index < -0.39 is 0 Å². The Balaban J connectivity index is 0.000000561. The average molecular weight is 187 g/mol. The van der Waals surface area contributed by atoms with Crippen LogP contribution in [0.4, 0.5) is 5.82 Å². The highest BCUT2D eigenvalue weighted by Crippen LogP contribution is 2.16. The van der Waals surface area contributed by atoms with Crippen molar-refractivity contribution >= 4 is 17.4 Å². The first-order chi connectivity index (χ1) is 5.74. The highest BCUT2D eigenvalue weighted by molar-refractivity contribution is 6.31. The summed E-state index contributed by atoms with van der Waals surface area (Å²) in [4.78, 5) is 3.90. The van der Waals surface area contributed by atoms with E-state index in [2.05, 4.69) is 4.98 Å². The monoisotopic (exact) mass is 186 g/mol. The Morgan fingerprint density at radius 3 is 2.50 bits per heavy atom. The van der Waals surface area contributed by atoms with Gasteiger partial charge in [-0.2, -0.15) is 0 Å². The number of halogens is 1. The van der Waals surface area contributed by atoms with Gasteiger partial charge in [0.15, 0.2) is 0 Å². The molecule has 0 aliphatic rings. The van der Waals surface area contributed by atoms with Gasteiger partial charge in [-0.15, -0.1) is 0 Å². The van der Waals surface area contributed by atoms with Crippen molar-refractivity contribution in [1.82, 2.24) is 4.98 Å². The van der Waals surface area contributed by atoms with Crippen LogP contribution in [0, 0.1) is 0 Å². The summed E-state index contributed by atoms with van der Waals surface area (Å²) in [6.07, 6.45) is 2.60. The molecule has 0 amide bonds. The maximum absolute atomic E-state index is 5.81. The lowest BCUT2D eigenvalue weighted by atomic mass is 10.2. The smallest absolute Gasteiger partial charge is 0.124 e. The van der Waals surface area contributed by atoms with Crippen LogP contribution in [-0.4, -0.2) is 4.98 Å². The van der Waals surface area contributed by atoms with Crippen molar-refractivity contribution in [2.45, 2.75) is 27.2 Å². The predicted molar refractivity (Wildman–Crippen MR) is 54.4 cm³/mol. The Morgan fingerprint density at radius 2 is 2.08 bits per heavy atom. The first-order valence-corrected chi connectivity index (χ1v) is 4.51. The molecule has 68 valence electrons. The van der Waals surface area contributed by atoms with Crippen molar-refractivity contribution in [3.05, 3.63) is 22.8 Å². The summed E-state index contributed by atoms with van der Waals surface area (Å²) in [5.41, 5.74) is 6.42. The molecular weight excluding hydrogens is 172 g/mol. The van der Waals surface area contributed by atoms with E-state index in [1.54, 1.807) is 12.3 Å². The van der Waals surface area contributed by atoms with Crippen molar-refractivity contribution in [2.75, 3.05) is 5.73 Å². The van der Waals surface area contributed by atoms with Crippen LogP contribution in [0.25, 0.3) is 0 Å². The molecule has 0 unspecified atom stereocenters. The van der Waals surface area contributed by atoms with Crippen LogP contribution in [-0.2, 0) is 6.42 Å². The molecular formula is C9H15ClN2. The molecule has 12 heavy (non-hydrogen) atoms. The summed E-state index contributed by atoms with van der Waals surface area (Å²) >= 11 is 5.81.